The number of rotatable bonds is 4. The maximum absolute atomic E-state index is 12.8. The molecule has 0 unspecified atom stereocenters. The van der Waals surface area contributed by atoms with Crippen LogP contribution in [0.3, 0.4) is 0 Å². The van der Waals surface area contributed by atoms with Crippen molar-refractivity contribution in [1.29, 1.82) is 0 Å². The summed E-state index contributed by atoms with van der Waals surface area (Å²) < 4.78 is 38.4. The molecule has 20 heavy (non-hydrogen) atoms. The quantitative estimate of drug-likeness (QED) is 0.894. The Balaban J connectivity index is 2.12. The summed E-state index contributed by atoms with van der Waals surface area (Å²) in [7, 11) is 1.84. The molecule has 0 amide bonds. The Morgan fingerprint density at radius 3 is 2.50 bits per heavy atom. The molecule has 1 aliphatic rings. The third-order valence-electron chi connectivity index (χ3n) is 3.80. The van der Waals surface area contributed by atoms with Gasteiger partial charge < -0.3 is 15.7 Å². The van der Waals surface area contributed by atoms with Crippen LogP contribution in [0.25, 0.3) is 0 Å². The van der Waals surface area contributed by atoms with E-state index in [0.29, 0.717) is 5.92 Å². The summed E-state index contributed by atoms with van der Waals surface area (Å²) in [6.07, 6.45) is -3.08. The van der Waals surface area contributed by atoms with Crippen LogP contribution in [0.5, 0.6) is 0 Å². The summed E-state index contributed by atoms with van der Waals surface area (Å²) in [4.78, 5) is 1.91. The van der Waals surface area contributed by atoms with Gasteiger partial charge in [0, 0.05) is 25.8 Å². The number of halogens is 3. The molecule has 3 N–H and O–H groups in total. The van der Waals surface area contributed by atoms with Crippen molar-refractivity contribution in [2.45, 2.75) is 31.7 Å². The van der Waals surface area contributed by atoms with Crippen LogP contribution >= 0.6 is 0 Å². The first-order valence-corrected chi connectivity index (χ1v) is 6.60. The molecular formula is C14H19F3N2O. The van der Waals surface area contributed by atoms with Crippen molar-refractivity contribution < 1.29 is 18.3 Å². The van der Waals surface area contributed by atoms with E-state index >= 15 is 0 Å². The normalized spacial score (nSPS) is 22.5. The van der Waals surface area contributed by atoms with Crippen LogP contribution in [-0.2, 0) is 12.7 Å². The number of benzene rings is 1. The maximum atomic E-state index is 12.8. The lowest BCUT2D eigenvalue weighted by molar-refractivity contribution is -0.138. The Labute approximate surface area is 116 Å². The summed E-state index contributed by atoms with van der Waals surface area (Å²) in [5.41, 5.74) is 5.58. The number of aliphatic hydroxyl groups excluding tert-OH is 1. The minimum atomic E-state index is -4.37. The summed E-state index contributed by atoms with van der Waals surface area (Å²) in [6.45, 7) is 0.588. The molecule has 0 spiro atoms. The molecule has 0 heterocycles. The van der Waals surface area contributed by atoms with Crippen molar-refractivity contribution in [3.05, 3.63) is 29.3 Å². The SMILES string of the molecule is CN(CC1CC(O)C1)c1ccc(C(F)(F)F)c(CN)c1. The molecule has 1 saturated carbocycles. The van der Waals surface area contributed by atoms with Gasteiger partial charge in [-0.2, -0.15) is 13.2 Å². The predicted octanol–water partition coefficient (Wildman–Crippen LogP) is 2.37. The molecule has 3 nitrogen and oxygen atoms in total. The van der Waals surface area contributed by atoms with Crippen LogP contribution in [0.1, 0.15) is 24.0 Å². The molecule has 0 aliphatic heterocycles. The highest BCUT2D eigenvalue weighted by atomic mass is 19.4. The van der Waals surface area contributed by atoms with Crippen molar-refractivity contribution in [2.24, 2.45) is 11.7 Å². The van der Waals surface area contributed by atoms with Crippen LogP contribution in [0.4, 0.5) is 18.9 Å². The molecule has 1 aliphatic carbocycles. The number of aliphatic hydroxyl groups is 1. The molecule has 0 bridgehead atoms. The number of hydrogen-bond donors (Lipinski definition) is 2. The van der Waals surface area contributed by atoms with Gasteiger partial charge in [0.1, 0.15) is 0 Å². The highest BCUT2D eigenvalue weighted by Gasteiger charge is 2.33. The van der Waals surface area contributed by atoms with E-state index < -0.39 is 11.7 Å². The number of nitrogens with two attached hydrogens (primary N) is 1. The van der Waals surface area contributed by atoms with Gasteiger partial charge in [-0.05, 0) is 42.5 Å². The van der Waals surface area contributed by atoms with Crippen LogP contribution in [0.2, 0.25) is 0 Å². The molecule has 0 saturated heterocycles. The standard InChI is InChI=1S/C14H19F3N2O/c1-19(8-9-4-12(20)5-9)11-2-3-13(14(15,16)17)10(6-11)7-18/h2-3,6,9,12,20H,4-5,7-8,18H2,1H3. The lowest BCUT2D eigenvalue weighted by atomic mass is 9.82. The highest BCUT2D eigenvalue weighted by Crippen LogP contribution is 2.34. The highest BCUT2D eigenvalue weighted by molar-refractivity contribution is 5.51. The Kier molecular flexibility index (Phi) is 4.25. The van der Waals surface area contributed by atoms with Crippen molar-refractivity contribution in [1.82, 2.24) is 0 Å². The fraction of sp³-hybridized carbons (Fsp3) is 0.571. The number of hydrogen-bond acceptors (Lipinski definition) is 3. The number of nitrogens with zero attached hydrogens (tertiary/aromatic N) is 1. The van der Waals surface area contributed by atoms with Crippen LogP contribution in [0, 0.1) is 5.92 Å². The summed E-state index contributed by atoms with van der Waals surface area (Å²) in [5, 5.41) is 9.25. The summed E-state index contributed by atoms with van der Waals surface area (Å²) in [6, 6.07) is 4.05. The minimum absolute atomic E-state index is 0.107. The number of alkyl halides is 3. The second-order valence-corrected chi connectivity index (χ2v) is 5.42. The fourth-order valence-electron chi connectivity index (χ4n) is 2.61. The van der Waals surface area contributed by atoms with E-state index in [1.54, 1.807) is 0 Å². The van der Waals surface area contributed by atoms with E-state index in [2.05, 4.69) is 0 Å². The molecule has 6 heteroatoms. The van der Waals surface area contributed by atoms with Gasteiger partial charge in [-0.3, -0.25) is 0 Å². The number of anilines is 1. The smallest absolute Gasteiger partial charge is 0.393 e. The van der Waals surface area contributed by atoms with Gasteiger partial charge in [0.15, 0.2) is 0 Å². The zero-order chi connectivity index (χ0) is 14.9. The Hall–Kier alpha value is -1.27. The minimum Gasteiger partial charge on any atom is -0.393 e. The van der Waals surface area contributed by atoms with Gasteiger partial charge >= 0.3 is 6.18 Å². The third-order valence-corrected chi connectivity index (χ3v) is 3.80. The molecule has 0 atom stereocenters. The van der Waals surface area contributed by atoms with Crippen LogP contribution < -0.4 is 10.6 Å². The van der Waals surface area contributed by atoms with E-state index in [9.17, 15) is 18.3 Å². The van der Waals surface area contributed by atoms with E-state index in [0.717, 1.165) is 31.1 Å². The first-order valence-electron chi connectivity index (χ1n) is 6.60. The first kappa shape index (κ1) is 15.1. The maximum Gasteiger partial charge on any atom is 0.416 e. The van der Waals surface area contributed by atoms with Crippen molar-refractivity contribution in [3.63, 3.8) is 0 Å². The molecular weight excluding hydrogens is 269 g/mol. The van der Waals surface area contributed by atoms with E-state index in [-0.39, 0.29) is 18.2 Å². The molecule has 1 fully saturated rings. The van der Waals surface area contributed by atoms with E-state index in [1.165, 1.54) is 12.1 Å². The Bertz CT molecular complexity index is 470. The molecule has 0 aromatic heterocycles. The first-order chi connectivity index (χ1) is 9.31. The topological polar surface area (TPSA) is 49.5 Å². The van der Waals surface area contributed by atoms with Gasteiger partial charge in [0.25, 0.3) is 0 Å². The molecule has 1 aromatic carbocycles. The van der Waals surface area contributed by atoms with Crippen molar-refractivity contribution >= 4 is 5.69 Å². The van der Waals surface area contributed by atoms with Crippen molar-refractivity contribution in [2.75, 3.05) is 18.5 Å². The predicted molar refractivity (Wildman–Crippen MR) is 71.3 cm³/mol. The van der Waals surface area contributed by atoms with Gasteiger partial charge in [0.05, 0.1) is 11.7 Å². The third kappa shape index (κ3) is 3.24. The Morgan fingerprint density at radius 2 is 2.00 bits per heavy atom. The van der Waals surface area contributed by atoms with Gasteiger partial charge in [-0.15, -0.1) is 0 Å². The second-order valence-electron chi connectivity index (χ2n) is 5.42. The lowest BCUT2D eigenvalue weighted by Crippen LogP contribution is -2.37. The van der Waals surface area contributed by atoms with Crippen LogP contribution in [-0.4, -0.2) is 24.8 Å². The van der Waals surface area contributed by atoms with E-state index in [4.69, 9.17) is 5.73 Å². The zero-order valence-electron chi connectivity index (χ0n) is 11.3. The molecule has 0 radical (unpaired) electrons. The average Bonchev–Trinajstić information content (AvgIpc) is 2.35. The molecule has 112 valence electrons. The molecule has 2 rings (SSSR count). The van der Waals surface area contributed by atoms with Gasteiger partial charge in [0.2, 0.25) is 0 Å². The summed E-state index contributed by atoms with van der Waals surface area (Å²) >= 11 is 0. The largest absolute Gasteiger partial charge is 0.416 e. The fourth-order valence-corrected chi connectivity index (χ4v) is 2.61. The average molecular weight is 288 g/mol. The summed E-state index contributed by atoms with van der Waals surface area (Å²) in [5.74, 6) is 0.401. The van der Waals surface area contributed by atoms with Gasteiger partial charge in [-0.25, -0.2) is 0 Å². The monoisotopic (exact) mass is 288 g/mol. The zero-order valence-corrected chi connectivity index (χ0v) is 11.3. The van der Waals surface area contributed by atoms with E-state index in [1.807, 2.05) is 11.9 Å². The lowest BCUT2D eigenvalue weighted by Gasteiger charge is -2.35. The second kappa shape index (κ2) is 5.61. The van der Waals surface area contributed by atoms with Crippen molar-refractivity contribution in [3.8, 4) is 0 Å². The van der Waals surface area contributed by atoms with Crippen LogP contribution in [0.15, 0.2) is 18.2 Å². The Morgan fingerprint density at radius 1 is 1.35 bits per heavy atom. The van der Waals surface area contributed by atoms with Gasteiger partial charge in [-0.1, -0.05) is 0 Å². The molecule has 1 aromatic rings.